The van der Waals surface area contributed by atoms with Crippen molar-refractivity contribution in [2.24, 2.45) is 11.8 Å². The lowest BCUT2D eigenvalue weighted by atomic mass is 9.90. The molecule has 2 aromatic rings. The van der Waals surface area contributed by atoms with E-state index < -0.39 is 5.60 Å². The number of hydrogen-bond donors (Lipinski definition) is 0. The van der Waals surface area contributed by atoms with Gasteiger partial charge in [0.15, 0.2) is 0 Å². The van der Waals surface area contributed by atoms with E-state index in [0.717, 1.165) is 18.2 Å². The standard InChI is InChI=1S/C31H44ClN3O4/c1-21(2)18-35(23-13-10-16-34(19-23)30(37)39-31(3,4)5)29(36)26-17-25(32)24-14-9-15-27(28(24)33-26)38-20-22-11-7-6-8-12-22/h9,14-15,17,21-23H,6-8,10-13,16,18-20H2,1-5H3/t23-/m1/s1. The highest BCUT2D eigenvalue weighted by atomic mass is 35.5. The molecule has 2 heterocycles. The third-order valence-electron chi connectivity index (χ3n) is 7.48. The Bertz CT molecular complexity index is 1160. The Labute approximate surface area is 238 Å². The minimum Gasteiger partial charge on any atom is -0.491 e. The van der Waals surface area contributed by atoms with Gasteiger partial charge in [0.1, 0.15) is 22.6 Å². The fourth-order valence-corrected chi connectivity index (χ4v) is 5.86. The van der Waals surface area contributed by atoms with Crippen molar-refractivity contribution in [3.63, 3.8) is 0 Å². The lowest BCUT2D eigenvalue weighted by Crippen LogP contribution is -2.53. The molecule has 1 saturated carbocycles. The molecule has 1 aliphatic carbocycles. The van der Waals surface area contributed by atoms with Crippen LogP contribution in [0.3, 0.4) is 0 Å². The molecule has 2 amide bonds. The van der Waals surface area contributed by atoms with Gasteiger partial charge in [0.05, 0.1) is 11.6 Å². The second-order valence-corrected chi connectivity index (χ2v) is 12.9. The average Bonchev–Trinajstić information content (AvgIpc) is 2.90. The summed E-state index contributed by atoms with van der Waals surface area (Å²) in [4.78, 5) is 35.2. The fraction of sp³-hybridized carbons (Fsp3) is 0.645. The molecule has 1 aromatic heterocycles. The van der Waals surface area contributed by atoms with Gasteiger partial charge in [-0.15, -0.1) is 0 Å². The maximum Gasteiger partial charge on any atom is 0.410 e. The van der Waals surface area contributed by atoms with Crippen molar-refractivity contribution in [2.45, 2.75) is 91.2 Å². The number of aromatic nitrogens is 1. The predicted octanol–water partition coefficient (Wildman–Crippen LogP) is 7.35. The number of benzene rings is 1. The fourth-order valence-electron chi connectivity index (χ4n) is 5.61. The zero-order valence-electron chi connectivity index (χ0n) is 24.2. The Morgan fingerprint density at radius 3 is 2.56 bits per heavy atom. The number of halogens is 1. The van der Waals surface area contributed by atoms with Crippen LogP contribution in [0.4, 0.5) is 4.79 Å². The predicted molar refractivity (Wildman–Crippen MR) is 156 cm³/mol. The van der Waals surface area contributed by atoms with E-state index in [-0.39, 0.29) is 24.0 Å². The van der Waals surface area contributed by atoms with Crippen LogP contribution in [0.15, 0.2) is 24.3 Å². The molecule has 0 N–H and O–H groups in total. The van der Waals surface area contributed by atoms with E-state index in [4.69, 9.17) is 26.1 Å². The van der Waals surface area contributed by atoms with Gasteiger partial charge in [0, 0.05) is 31.1 Å². The van der Waals surface area contributed by atoms with Gasteiger partial charge in [0.25, 0.3) is 5.91 Å². The lowest BCUT2D eigenvalue weighted by Gasteiger charge is -2.40. The normalized spacial score (nSPS) is 18.8. The van der Waals surface area contributed by atoms with Crippen molar-refractivity contribution in [1.29, 1.82) is 0 Å². The van der Waals surface area contributed by atoms with Gasteiger partial charge in [-0.05, 0) is 70.4 Å². The van der Waals surface area contributed by atoms with E-state index >= 15 is 0 Å². The second kappa shape index (κ2) is 12.8. The highest BCUT2D eigenvalue weighted by Gasteiger charge is 2.34. The molecule has 0 spiro atoms. The molecular formula is C31H44ClN3O4. The third-order valence-corrected chi connectivity index (χ3v) is 7.79. The zero-order valence-corrected chi connectivity index (χ0v) is 24.9. The van der Waals surface area contributed by atoms with E-state index in [1.54, 1.807) is 11.0 Å². The smallest absolute Gasteiger partial charge is 0.410 e. The number of ether oxygens (including phenoxy) is 2. The highest BCUT2D eigenvalue weighted by molar-refractivity contribution is 6.35. The monoisotopic (exact) mass is 557 g/mol. The minimum absolute atomic E-state index is 0.129. The van der Waals surface area contributed by atoms with Crippen molar-refractivity contribution in [3.8, 4) is 5.75 Å². The summed E-state index contributed by atoms with van der Waals surface area (Å²) in [5.74, 6) is 1.29. The summed E-state index contributed by atoms with van der Waals surface area (Å²) < 4.78 is 11.9. The average molecular weight is 558 g/mol. The van der Waals surface area contributed by atoms with Crippen LogP contribution in [0.25, 0.3) is 10.9 Å². The van der Waals surface area contributed by atoms with Crippen LogP contribution in [-0.2, 0) is 4.74 Å². The van der Waals surface area contributed by atoms with Crippen LogP contribution in [0.2, 0.25) is 5.02 Å². The topological polar surface area (TPSA) is 72.0 Å². The number of rotatable bonds is 7. The van der Waals surface area contributed by atoms with E-state index in [9.17, 15) is 9.59 Å². The number of piperidine rings is 1. The van der Waals surface area contributed by atoms with E-state index in [1.807, 2.05) is 43.9 Å². The molecule has 2 fully saturated rings. The van der Waals surface area contributed by atoms with Gasteiger partial charge in [-0.2, -0.15) is 0 Å². The number of nitrogens with zero attached hydrogens (tertiary/aromatic N) is 3. The molecule has 0 radical (unpaired) electrons. The van der Waals surface area contributed by atoms with E-state index in [1.165, 1.54) is 32.1 Å². The first kappa shape index (κ1) is 29.4. The van der Waals surface area contributed by atoms with Gasteiger partial charge in [0.2, 0.25) is 0 Å². The number of para-hydroxylation sites is 1. The van der Waals surface area contributed by atoms with Crippen LogP contribution >= 0.6 is 11.6 Å². The molecule has 1 aliphatic heterocycles. The molecule has 1 aromatic carbocycles. The Morgan fingerprint density at radius 2 is 1.87 bits per heavy atom. The summed E-state index contributed by atoms with van der Waals surface area (Å²) in [5, 5.41) is 1.26. The number of amides is 2. The quantitative estimate of drug-likeness (QED) is 0.356. The molecule has 4 rings (SSSR count). The molecule has 8 heteroatoms. The number of carbonyl (C=O) groups excluding carboxylic acids is 2. The summed E-state index contributed by atoms with van der Waals surface area (Å²) in [7, 11) is 0. The van der Waals surface area contributed by atoms with Gasteiger partial charge in [-0.25, -0.2) is 9.78 Å². The Balaban J connectivity index is 1.58. The summed E-state index contributed by atoms with van der Waals surface area (Å²) in [6.07, 6.45) is 7.47. The van der Waals surface area contributed by atoms with Crippen LogP contribution in [0.1, 0.15) is 90.1 Å². The first-order valence-electron chi connectivity index (χ1n) is 14.5. The molecule has 1 saturated heterocycles. The van der Waals surface area contributed by atoms with Gasteiger partial charge >= 0.3 is 6.09 Å². The van der Waals surface area contributed by atoms with Crippen LogP contribution in [-0.4, -0.2) is 64.7 Å². The van der Waals surface area contributed by atoms with Crippen LogP contribution in [0.5, 0.6) is 5.75 Å². The zero-order chi connectivity index (χ0) is 28.2. The number of pyridine rings is 1. The molecule has 2 aliphatic rings. The Morgan fingerprint density at radius 1 is 1.13 bits per heavy atom. The lowest BCUT2D eigenvalue weighted by molar-refractivity contribution is 0.00938. The molecule has 0 bridgehead atoms. The maximum atomic E-state index is 14.0. The summed E-state index contributed by atoms with van der Waals surface area (Å²) in [5.41, 5.74) is 0.351. The van der Waals surface area contributed by atoms with Crippen LogP contribution in [0, 0.1) is 11.8 Å². The van der Waals surface area contributed by atoms with Crippen molar-refractivity contribution < 1.29 is 19.1 Å². The molecule has 1 atom stereocenters. The number of carbonyl (C=O) groups is 2. The van der Waals surface area contributed by atoms with Crippen molar-refractivity contribution in [3.05, 3.63) is 35.0 Å². The number of likely N-dealkylation sites (tertiary alicyclic amines) is 1. The van der Waals surface area contributed by atoms with Gasteiger partial charge in [-0.1, -0.05) is 56.8 Å². The first-order valence-corrected chi connectivity index (χ1v) is 14.9. The largest absolute Gasteiger partial charge is 0.491 e. The van der Waals surface area contributed by atoms with Crippen molar-refractivity contribution in [1.82, 2.24) is 14.8 Å². The number of hydrogen-bond acceptors (Lipinski definition) is 5. The SMILES string of the molecule is CC(C)CN(C(=O)c1cc(Cl)c2cccc(OCC3CCCCC3)c2n1)[C@@H]1CCCN(C(=O)OC(C)(C)C)C1. The summed E-state index contributed by atoms with van der Waals surface area (Å²) >= 11 is 6.71. The van der Waals surface area contributed by atoms with E-state index in [2.05, 4.69) is 13.8 Å². The maximum absolute atomic E-state index is 14.0. The van der Waals surface area contributed by atoms with E-state index in [0.29, 0.717) is 54.1 Å². The molecule has 214 valence electrons. The molecule has 7 nitrogen and oxygen atoms in total. The Kier molecular flexibility index (Phi) is 9.63. The Hall–Kier alpha value is -2.54. The second-order valence-electron chi connectivity index (χ2n) is 12.5. The minimum atomic E-state index is -0.569. The van der Waals surface area contributed by atoms with Gasteiger partial charge < -0.3 is 19.3 Å². The summed E-state index contributed by atoms with van der Waals surface area (Å²) in [6.45, 7) is 12.0. The highest BCUT2D eigenvalue weighted by Crippen LogP contribution is 2.32. The molecule has 39 heavy (non-hydrogen) atoms. The first-order chi connectivity index (χ1) is 18.5. The van der Waals surface area contributed by atoms with Crippen molar-refractivity contribution in [2.75, 3.05) is 26.2 Å². The number of fused-ring (bicyclic) bond motifs is 1. The third kappa shape index (κ3) is 7.77. The van der Waals surface area contributed by atoms with Gasteiger partial charge in [-0.3, -0.25) is 4.79 Å². The van der Waals surface area contributed by atoms with Crippen molar-refractivity contribution >= 4 is 34.5 Å². The van der Waals surface area contributed by atoms with Crippen LogP contribution < -0.4 is 4.74 Å². The molecule has 0 unspecified atom stereocenters. The summed E-state index contributed by atoms with van der Waals surface area (Å²) in [6, 6.07) is 7.28. The molecular weight excluding hydrogens is 514 g/mol.